The predicted octanol–water partition coefficient (Wildman–Crippen LogP) is 2.05. The van der Waals surface area contributed by atoms with E-state index < -0.39 is 0 Å². The van der Waals surface area contributed by atoms with E-state index >= 15 is 0 Å². The highest BCUT2D eigenvalue weighted by molar-refractivity contribution is 5.98. The van der Waals surface area contributed by atoms with Gasteiger partial charge in [-0.3, -0.25) is 9.59 Å². The molecule has 1 saturated heterocycles. The number of hydrogen-bond acceptors (Lipinski definition) is 7. The summed E-state index contributed by atoms with van der Waals surface area (Å²) >= 11 is 0. The van der Waals surface area contributed by atoms with E-state index in [4.69, 9.17) is 9.47 Å². The van der Waals surface area contributed by atoms with Crippen LogP contribution in [-0.2, 0) is 16.0 Å². The number of aromatic nitrogens is 2. The van der Waals surface area contributed by atoms with Crippen molar-refractivity contribution in [3.63, 3.8) is 0 Å². The van der Waals surface area contributed by atoms with Gasteiger partial charge in [0.1, 0.15) is 5.75 Å². The van der Waals surface area contributed by atoms with Gasteiger partial charge in [-0.15, -0.1) is 0 Å². The van der Waals surface area contributed by atoms with Crippen LogP contribution in [0.4, 0.5) is 5.95 Å². The summed E-state index contributed by atoms with van der Waals surface area (Å²) in [5.74, 6) is 0.832. The van der Waals surface area contributed by atoms with E-state index in [0.29, 0.717) is 44.0 Å². The van der Waals surface area contributed by atoms with Crippen molar-refractivity contribution in [2.45, 2.75) is 19.3 Å². The zero-order valence-corrected chi connectivity index (χ0v) is 15.0. The zero-order chi connectivity index (χ0) is 18.6. The standard InChI is InChI=1S/C20H21N3O4/c24-17(15-2-3-18-16(12-15)6-11-26-18)13-27-19(25)14-4-9-23(10-5-14)20-21-7-1-8-22-20/h1-3,7-8,12,14H,4-6,9-11,13H2. The number of esters is 1. The molecule has 0 aliphatic carbocycles. The van der Waals surface area contributed by atoms with E-state index in [-0.39, 0.29) is 24.3 Å². The number of nitrogens with zero attached hydrogens (tertiary/aromatic N) is 3. The van der Waals surface area contributed by atoms with Crippen LogP contribution in [0.2, 0.25) is 0 Å². The Morgan fingerprint density at radius 3 is 2.74 bits per heavy atom. The lowest BCUT2D eigenvalue weighted by molar-refractivity contribution is -0.148. The molecule has 0 spiro atoms. The number of ketones is 1. The first-order valence-corrected chi connectivity index (χ1v) is 9.18. The van der Waals surface area contributed by atoms with E-state index in [9.17, 15) is 9.59 Å². The summed E-state index contributed by atoms with van der Waals surface area (Å²) in [6, 6.07) is 7.13. The maximum Gasteiger partial charge on any atom is 0.309 e. The van der Waals surface area contributed by atoms with Gasteiger partial charge in [0.05, 0.1) is 12.5 Å². The van der Waals surface area contributed by atoms with E-state index in [1.54, 1.807) is 30.6 Å². The van der Waals surface area contributed by atoms with Gasteiger partial charge in [-0.25, -0.2) is 9.97 Å². The van der Waals surface area contributed by atoms with Gasteiger partial charge in [-0.1, -0.05) is 0 Å². The van der Waals surface area contributed by atoms with Crippen LogP contribution in [0, 0.1) is 5.92 Å². The maximum atomic E-state index is 12.3. The molecule has 0 amide bonds. The lowest BCUT2D eigenvalue weighted by Crippen LogP contribution is -2.38. The average Bonchev–Trinajstić information content (AvgIpc) is 3.20. The Balaban J connectivity index is 1.27. The Kier molecular flexibility index (Phi) is 5.00. The van der Waals surface area contributed by atoms with Crippen LogP contribution in [-0.4, -0.2) is 48.0 Å². The van der Waals surface area contributed by atoms with E-state index in [1.165, 1.54) is 0 Å². The van der Waals surface area contributed by atoms with Gasteiger partial charge in [0.2, 0.25) is 5.95 Å². The second-order valence-electron chi connectivity index (χ2n) is 6.76. The first-order valence-electron chi connectivity index (χ1n) is 9.18. The van der Waals surface area contributed by atoms with Gasteiger partial charge in [0.15, 0.2) is 12.4 Å². The molecule has 0 bridgehead atoms. The van der Waals surface area contributed by atoms with Crippen molar-refractivity contribution in [3.8, 4) is 5.75 Å². The summed E-state index contributed by atoms with van der Waals surface area (Å²) < 4.78 is 10.7. The molecule has 0 atom stereocenters. The summed E-state index contributed by atoms with van der Waals surface area (Å²) in [5, 5.41) is 0. The van der Waals surface area contributed by atoms with Gasteiger partial charge in [-0.2, -0.15) is 0 Å². The molecular weight excluding hydrogens is 346 g/mol. The summed E-state index contributed by atoms with van der Waals surface area (Å²) in [5.41, 5.74) is 1.59. The van der Waals surface area contributed by atoms with Crippen molar-refractivity contribution in [2.24, 2.45) is 5.92 Å². The van der Waals surface area contributed by atoms with Gasteiger partial charge in [-0.05, 0) is 42.7 Å². The smallest absolute Gasteiger partial charge is 0.309 e. The fraction of sp³-hybridized carbons (Fsp3) is 0.400. The third-order valence-corrected chi connectivity index (χ3v) is 5.02. The summed E-state index contributed by atoms with van der Waals surface area (Å²) in [6.45, 7) is 1.82. The van der Waals surface area contributed by atoms with E-state index in [2.05, 4.69) is 14.9 Å². The largest absolute Gasteiger partial charge is 0.493 e. The number of piperidine rings is 1. The summed E-state index contributed by atoms with van der Waals surface area (Å²) in [7, 11) is 0. The molecule has 1 aromatic heterocycles. The van der Waals surface area contributed by atoms with Crippen molar-refractivity contribution in [3.05, 3.63) is 47.8 Å². The number of anilines is 1. The summed E-state index contributed by atoms with van der Waals surface area (Å²) in [6.07, 6.45) is 5.56. The second kappa shape index (κ2) is 7.73. The average molecular weight is 367 g/mol. The zero-order valence-electron chi connectivity index (χ0n) is 15.0. The molecule has 1 aromatic carbocycles. The van der Waals surface area contributed by atoms with Crippen molar-refractivity contribution in [2.75, 3.05) is 31.2 Å². The number of ether oxygens (including phenoxy) is 2. The van der Waals surface area contributed by atoms with Crippen LogP contribution in [0.1, 0.15) is 28.8 Å². The number of rotatable bonds is 5. The SMILES string of the molecule is O=C(COC(=O)C1CCN(c2ncccn2)CC1)c1ccc2c(c1)CCO2. The van der Waals surface area contributed by atoms with Crippen molar-refractivity contribution >= 4 is 17.7 Å². The topological polar surface area (TPSA) is 81.6 Å². The van der Waals surface area contributed by atoms with Gasteiger partial charge >= 0.3 is 5.97 Å². The predicted molar refractivity (Wildman–Crippen MR) is 97.9 cm³/mol. The van der Waals surface area contributed by atoms with Crippen molar-refractivity contribution in [1.29, 1.82) is 0 Å². The third-order valence-electron chi connectivity index (χ3n) is 5.02. The minimum atomic E-state index is -0.304. The van der Waals surface area contributed by atoms with E-state index in [1.807, 2.05) is 6.07 Å². The molecule has 2 aliphatic heterocycles. The lowest BCUT2D eigenvalue weighted by atomic mass is 9.97. The molecule has 3 heterocycles. The minimum absolute atomic E-state index is 0.187. The van der Waals surface area contributed by atoms with Crippen LogP contribution in [0.5, 0.6) is 5.75 Å². The van der Waals surface area contributed by atoms with E-state index in [0.717, 1.165) is 17.7 Å². The molecule has 1 fully saturated rings. The Morgan fingerprint density at radius 1 is 1.19 bits per heavy atom. The van der Waals surface area contributed by atoms with Crippen LogP contribution in [0.3, 0.4) is 0 Å². The van der Waals surface area contributed by atoms with Crippen LogP contribution in [0.25, 0.3) is 0 Å². The fourth-order valence-corrected chi connectivity index (χ4v) is 3.47. The molecule has 7 nitrogen and oxygen atoms in total. The van der Waals surface area contributed by atoms with Crippen molar-refractivity contribution in [1.82, 2.24) is 9.97 Å². The fourth-order valence-electron chi connectivity index (χ4n) is 3.47. The number of Topliss-reactive ketones (excluding diaryl/α,β-unsaturated/α-hetero) is 1. The Morgan fingerprint density at radius 2 is 1.96 bits per heavy atom. The Labute approximate surface area is 157 Å². The molecular formula is C20H21N3O4. The van der Waals surface area contributed by atoms with Crippen LogP contribution < -0.4 is 9.64 Å². The molecule has 140 valence electrons. The Hall–Kier alpha value is -2.96. The van der Waals surface area contributed by atoms with Crippen LogP contribution >= 0.6 is 0 Å². The number of carbonyl (C=O) groups excluding carboxylic acids is 2. The molecule has 0 N–H and O–H groups in total. The molecule has 2 aliphatic rings. The monoisotopic (exact) mass is 367 g/mol. The normalized spacial score (nSPS) is 16.5. The molecule has 7 heteroatoms. The first-order chi connectivity index (χ1) is 13.2. The number of hydrogen-bond donors (Lipinski definition) is 0. The number of fused-ring (bicyclic) bond motifs is 1. The molecule has 2 aromatic rings. The van der Waals surface area contributed by atoms with Gasteiger partial charge in [0.25, 0.3) is 0 Å². The molecule has 0 saturated carbocycles. The Bertz CT molecular complexity index is 832. The maximum absolute atomic E-state index is 12.3. The first kappa shape index (κ1) is 17.5. The van der Waals surface area contributed by atoms with Gasteiger partial charge < -0.3 is 14.4 Å². The molecule has 27 heavy (non-hydrogen) atoms. The molecule has 0 radical (unpaired) electrons. The van der Waals surface area contributed by atoms with Gasteiger partial charge in [0, 0.05) is 37.5 Å². The lowest BCUT2D eigenvalue weighted by Gasteiger charge is -2.30. The van der Waals surface area contributed by atoms with Crippen LogP contribution in [0.15, 0.2) is 36.7 Å². The highest BCUT2D eigenvalue weighted by atomic mass is 16.5. The number of carbonyl (C=O) groups is 2. The summed E-state index contributed by atoms with van der Waals surface area (Å²) in [4.78, 5) is 35.2. The highest BCUT2D eigenvalue weighted by Crippen LogP contribution is 2.26. The minimum Gasteiger partial charge on any atom is -0.493 e. The molecule has 0 unspecified atom stereocenters. The van der Waals surface area contributed by atoms with Crippen molar-refractivity contribution < 1.29 is 19.1 Å². The molecule has 4 rings (SSSR count). The highest BCUT2D eigenvalue weighted by Gasteiger charge is 2.27. The second-order valence-corrected chi connectivity index (χ2v) is 6.76. The number of benzene rings is 1. The third kappa shape index (κ3) is 3.92. The quantitative estimate of drug-likeness (QED) is 0.591.